The summed E-state index contributed by atoms with van der Waals surface area (Å²) in [7, 11) is 1.58. The van der Waals surface area contributed by atoms with Gasteiger partial charge in [0.25, 0.3) is 0 Å². The van der Waals surface area contributed by atoms with Crippen LogP contribution in [-0.2, 0) is 11.3 Å². The second kappa shape index (κ2) is 9.94. The summed E-state index contributed by atoms with van der Waals surface area (Å²) in [6.45, 7) is 6.72. The highest BCUT2D eigenvalue weighted by Gasteiger charge is 2.23. The number of nitrogens with one attached hydrogen (secondary N) is 1. The molecule has 4 rings (SSSR count). The molecule has 0 saturated heterocycles. The van der Waals surface area contributed by atoms with Crippen LogP contribution in [0.4, 0.5) is 0 Å². The molecule has 31 heavy (non-hydrogen) atoms. The van der Waals surface area contributed by atoms with E-state index in [-0.39, 0.29) is 0 Å². The van der Waals surface area contributed by atoms with Gasteiger partial charge in [0.15, 0.2) is 11.5 Å². The molecular weight excluding hydrogens is 416 g/mol. The Kier molecular flexibility index (Phi) is 7.05. The third-order valence-corrected chi connectivity index (χ3v) is 5.58. The van der Waals surface area contributed by atoms with Crippen LogP contribution in [0.3, 0.4) is 0 Å². The van der Waals surface area contributed by atoms with Gasteiger partial charge in [0.1, 0.15) is 21.6 Å². The third-order valence-electron chi connectivity index (χ3n) is 5.31. The predicted molar refractivity (Wildman–Crippen MR) is 122 cm³/mol. The van der Waals surface area contributed by atoms with Crippen molar-refractivity contribution in [2.75, 3.05) is 27.0 Å². The Morgan fingerprint density at radius 2 is 1.94 bits per heavy atom. The van der Waals surface area contributed by atoms with Gasteiger partial charge in [0.05, 0.1) is 38.8 Å². The van der Waals surface area contributed by atoms with Crippen LogP contribution in [0.2, 0.25) is 5.02 Å². The Balaban J connectivity index is 1.70. The lowest BCUT2D eigenvalue weighted by Crippen LogP contribution is -2.22. The van der Waals surface area contributed by atoms with Crippen molar-refractivity contribution in [3.63, 3.8) is 0 Å². The predicted octanol–water partition coefficient (Wildman–Crippen LogP) is 4.74. The molecule has 3 aromatic rings. The second-order valence-electron chi connectivity index (χ2n) is 8.37. The minimum absolute atomic E-state index is 0.403. The zero-order chi connectivity index (χ0) is 21.8. The fourth-order valence-electron chi connectivity index (χ4n) is 3.50. The van der Waals surface area contributed by atoms with Gasteiger partial charge in [-0.1, -0.05) is 38.3 Å². The SMILES string of the molecule is COc1c(Cl)cnc2c(OCCC3CC3)c3nccc(COCNCC(C)C)c3nc12. The summed E-state index contributed by atoms with van der Waals surface area (Å²) < 4.78 is 17.6. The minimum atomic E-state index is 0.403. The zero-order valence-corrected chi connectivity index (χ0v) is 19.0. The first-order valence-electron chi connectivity index (χ1n) is 10.8. The van der Waals surface area contributed by atoms with Crippen molar-refractivity contribution in [3.8, 4) is 11.5 Å². The van der Waals surface area contributed by atoms with Gasteiger partial charge < -0.3 is 14.2 Å². The average molecular weight is 445 g/mol. The van der Waals surface area contributed by atoms with Gasteiger partial charge in [-0.3, -0.25) is 10.3 Å². The van der Waals surface area contributed by atoms with Gasteiger partial charge in [-0.05, 0) is 30.9 Å². The van der Waals surface area contributed by atoms with E-state index in [0.29, 0.717) is 64.5 Å². The second-order valence-corrected chi connectivity index (χ2v) is 8.77. The first kappa shape index (κ1) is 22.0. The summed E-state index contributed by atoms with van der Waals surface area (Å²) >= 11 is 6.33. The van der Waals surface area contributed by atoms with E-state index in [0.717, 1.165) is 24.4 Å². The van der Waals surface area contributed by atoms with Crippen LogP contribution in [0.1, 0.15) is 38.7 Å². The van der Waals surface area contributed by atoms with Crippen molar-refractivity contribution in [2.24, 2.45) is 11.8 Å². The van der Waals surface area contributed by atoms with E-state index in [1.165, 1.54) is 12.8 Å². The molecule has 1 N–H and O–H groups in total. The van der Waals surface area contributed by atoms with Gasteiger partial charge >= 0.3 is 0 Å². The van der Waals surface area contributed by atoms with Gasteiger partial charge in [-0.15, -0.1) is 0 Å². The van der Waals surface area contributed by atoms with Gasteiger partial charge in [-0.25, -0.2) is 9.97 Å². The molecule has 3 aromatic heterocycles. The number of hydrogen-bond donors (Lipinski definition) is 1. The molecule has 3 heterocycles. The van der Waals surface area contributed by atoms with Crippen molar-refractivity contribution in [3.05, 3.63) is 29.0 Å². The molecule has 0 bridgehead atoms. The highest BCUT2D eigenvalue weighted by molar-refractivity contribution is 6.33. The summed E-state index contributed by atoms with van der Waals surface area (Å²) in [4.78, 5) is 13.9. The Morgan fingerprint density at radius 1 is 1.13 bits per heavy atom. The number of pyridine rings is 3. The normalized spacial score (nSPS) is 14.0. The number of ether oxygens (including phenoxy) is 3. The summed E-state index contributed by atoms with van der Waals surface area (Å²) in [6, 6.07) is 1.92. The summed E-state index contributed by atoms with van der Waals surface area (Å²) in [5.41, 5.74) is 3.48. The summed E-state index contributed by atoms with van der Waals surface area (Å²) in [6.07, 6.45) is 6.93. The smallest absolute Gasteiger partial charge is 0.175 e. The number of nitrogens with zero attached hydrogens (tertiary/aromatic N) is 3. The van der Waals surface area contributed by atoms with Gasteiger partial charge in [-0.2, -0.15) is 0 Å². The molecule has 1 fully saturated rings. The lowest BCUT2D eigenvalue weighted by molar-refractivity contribution is 0.102. The van der Waals surface area contributed by atoms with E-state index in [1.807, 2.05) is 6.07 Å². The number of aromatic nitrogens is 3. The first-order chi connectivity index (χ1) is 15.1. The van der Waals surface area contributed by atoms with Crippen molar-refractivity contribution in [1.29, 1.82) is 0 Å². The number of methoxy groups -OCH3 is 1. The van der Waals surface area contributed by atoms with E-state index in [4.69, 9.17) is 30.8 Å². The molecule has 8 heteroatoms. The maximum atomic E-state index is 6.33. The van der Waals surface area contributed by atoms with Crippen molar-refractivity contribution in [2.45, 2.75) is 39.7 Å². The average Bonchev–Trinajstić information content (AvgIpc) is 3.57. The van der Waals surface area contributed by atoms with E-state index in [9.17, 15) is 0 Å². The molecule has 0 amide bonds. The third kappa shape index (κ3) is 5.17. The van der Waals surface area contributed by atoms with Crippen LogP contribution >= 0.6 is 11.6 Å². The van der Waals surface area contributed by atoms with E-state index >= 15 is 0 Å². The zero-order valence-electron chi connectivity index (χ0n) is 18.3. The molecule has 0 aliphatic heterocycles. The highest BCUT2D eigenvalue weighted by atomic mass is 35.5. The topological polar surface area (TPSA) is 78.4 Å². The van der Waals surface area contributed by atoms with Crippen LogP contribution in [-0.4, -0.2) is 41.9 Å². The number of halogens is 1. The maximum absolute atomic E-state index is 6.33. The molecule has 0 unspecified atom stereocenters. The fourth-order valence-corrected chi connectivity index (χ4v) is 3.72. The van der Waals surface area contributed by atoms with Gasteiger partial charge in [0.2, 0.25) is 0 Å². The van der Waals surface area contributed by atoms with Crippen molar-refractivity contribution >= 4 is 33.7 Å². The van der Waals surface area contributed by atoms with Gasteiger partial charge in [0, 0.05) is 11.8 Å². The van der Waals surface area contributed by atoms with E-state index < -0.39 is 0 Å². The van der Waals surface area contributed by atoms with Crippen LogP contribution in [0.25, 0.3) is 22.1 Å². The Hall–Kier alpha value is -2.22. The molecule has 0 aromatic carbocycles. The van der Waals surface area contributed by atoms with E-state index in [1.54, 1.807) is 19.5 Å². The van der Waals surface area contributed by atoms with Crippen LogP contribution in [0.15, 0.2) is 18.5 Å². The van der Waals surface area contributed by atoms with Crippen LogP contribution in [0, 0.1) is 11.8 Å². The van der Waals surface area contributed by atoms with Crippen LogP contribution in [0.5, 0.6) is 11.5 Å². The maximum Gasteiger partial charge on any atom is 0.175 e. The Bertz CT molecular complexity index is 1060. The summed E-state index contributed by atoms with van der Waals surface area (Å²) in [5, 5.41) is 3.69. The Morgan fingerprint density at radius 3 is 2.68 bits per heavy atom. The molecule has 1 aliphatic rings. The summed E-state index contributed by atoms with van der Waals surface area (Å²) in [5.74, 6) is 2.44. The largest absolute Gasteiger partial charge is 0.493 e. The first-order valence-corrected chi connectivity index (χ1v) is 11.2. The van der Waals surface area contributed by atoms with Crippen molar-refractivity contribution < 1.29 is 14.2 Å². The molecule has 0 radical (unpaired) electrons. The standard InChI is InChI=1S/C23H29ClN4O3/c1-14(2)10-25-13-30-12-16-6-8-26-19-18(16)28-21-20(27-11-17(24)22(21)29-3)23(19)31-9-7-15-4-5-15/h6,8,11,14-15,25H,4-5,7,9-10,12-13H2,1-3H3. The molecule has 166 valence electrons. The van der Waals surface area contributed by atoms with Crippen molar-refractivity contribution in [1.82, 2.24) is 20.3 Å². The Labute approximate surface area is 187 Å². The molecule has 7 nitrogen and oxygen atoms in total. The molecule has 0 spiro atoms. The minimum Gasteiger partial charge on any atom is -0.493 e. The monoisotopic (exact) mass is 444 g/mol. The number of rotatable bonds is 11. The lowest BCUT2D eigenvalue weighted by atomic mass is 10.1. The quantitative estimate of drug-likeness (QED) is 0.260. The van der Waals surface area contributed by atoms with E-state index in [2.05, 4.69) is 29.1 Å². The highest BCUT2D eigenvalue weighted by Crippen LogP contribution is 2.39. The molecule has 0 atom stereocenters. The lowest BCUT2D eigenvalue weighted by Gasteiger charge is -2.15. The number of fused-ring (bicyclic) bond motifs is 2. The molecule has 1 saturated carbocycles. The number of hydrogen-bond acceptors (Lipinski definition) is 7. The van der Waals surface area contributed by atoms with Crippen LogP contribution < -0.4 is 14.8 Å². The fraction of sp³-hybridized carbons (Fsp3) is 0.522. The molecular formula is C23H29ClN4O3. The molecule has 1 aliphatic carbocycles.